The molecule has 1 atom stereocenters. The fourth-order valence-electron chi connectivity index (χ4n) is 1.68. The molecule has 0 fully saturated rings. The number of nitrogens with zero attached hydrogens (tertiary/aromatic N) is 3. The van der Waals surface area contributed by atoms with Crippen molar-refractivity contribution in [2.24, 2.45) is 0 Å². The first-order valence-corrected chi connectivity index (χ1v) is 5.40. The Morgan fingerprint density at radius 2 is 2.39 bits per heavy atom. The molecule has 7 nitrogen and oxygen atoms in total. The molecular weight excluding hydrogens is 236 g/mol. The number of aromatic nitrogens is 3. The first-order valence-electron chi connectivity index (χ1n) is 5.40. The Morgan fingerprint density at radius 1 is 1.61 bits per heavy atom. The van der Waals surface area contributed by atoms with Gasteiger partial charge in [0, 0.05) is 7.11 Å². The molecule has 2 N–H and O–H groups in total. The standard InChI is InChI=1S/C11H14N4O3/c1-7-3-9-12-6-13-15(9)10(4-7)14-8(5-18-2)11(16)17/h3-4,6,8,14H,5H2,1-2H3,(H,16,17). The molecule has 7 heteroatoms. The van der Waals surface area contributed by atoms with E-state index in [4.69, 9.17) is 9.84 Å². The molecule has 0 saturated carbocycles. The van der Waals surface area contributed by atoms with Crippen LogP contribution in [-0.4, -0.2) is 45.4 Å². The van der Waals surface area contributed by atoms with E-state index in [2.05, 4.69) is 15.4 Å². The SMILES string of the molecule is COCC(Nc1cc(C)cc2ncnn12)C(=O)O. The number of hydrogen-bond acceptors (Lipinski definition) is 5. The van der Waals surface area contributed by atoms with E-state index in [-0.39, 0.29) is 6.61 Å². The fourth-order valence-corrected chi connectivity index (χ4v) is 1.68. The molecule has 1 unspecified atom stereocenters. The van der Waals surface area contributed by atoms with Gasteiger partial charge in [-0.3, -0.25) is 0 Å². The van der Waals surface area contributed by atoms with Gasteiger partial charge in [-0.15, -0.1) is 0 Å². The summed E-state index contributed by atoms with van der Waals surface area (Å²) < 4.78 is 6.43. The van der Waals surface area contributed by atoms with Crippen molar-refractivity contribution in [1.82, 2.24) is 14.6 Å². The second-order valence-electron chi connectivity index (χ2n) is 3.94. The van der Waals surface area contributed by atoms with Crippen LogP contribution in [0.2, 0.25) is 0 Å². The lowest BCUT2D eigenvalue weighted by Crippen LogP contribution is -2.34. The van der Waals surface area contributed by atoms with Crippen molar-refractivity contribution in [2.45, 2.75) is 13.0 Å². The number of carboxylic acids is 1. The number of rotatable bonds is 5. The van der Waals surface area contributed by atoms with Crippen molar-refractivity contribution in [2.75, 3.05) is 19.0 Å². The summed E-state index contributed by atoms with van der Waals surface area (Å²) in [5, 5.41) is 16.0. The third kappa shape index (κ3) is 2.40. The minimum atomic E-state index is -0.980. The summed E-state index contributed by atoms with van der Waals surface area (Å²) in [7, 11) is 1.46. The zero-order valence-corrected chi connectivity index (χ0v) is 10.1. The molecule has 2 rings (SSSR count). The Kier molecular flexibility index (Phi) is 3.42. The Labute approximate surface area is 103 Å². The smallest absolute Gasteiger partial charge is 0.328 e. The third-order valence-electron chi connectivity index (χ3n) is 2.48. The summed E-state index contributed by atoms with van der Waals surface area (Å²) >= 11 is 0. The highest BCUT2D eigenvalue weighted by Crippen LogP contribution is 2.14. The highest BCUT2D eigenvalue weighted by atomic mass is 16.5. The number of aryl methyl sites for hydroxylation is 1. The molecule has 0 spiro atoms. The molecule has 2 aromatic heterocycles. The predicted molar refractivity (Wildman–Crippen MR) is 64.6 cm³/mol. The van der Waals surface area contributed by atoms with Crippen LogP contribution in [0.5, 0.6) is 0 Å². The largest absolute Gasteiger partial charge is 0.480 e. The van der Waals surface area contributed by atoms with E-state index in [0.29, 0.717) is 11.5 Å². The highest BCUT2D eigenvalue weighted by molar-refractivity contribution is 5.77. The van der Waals surface area contributed by atoms with Gasteiger partial charge in [0.05, 0.1) is 6.61 Å². The summed E-state index contributed by atoms with van der Waals surface area (Å²) in [4.78, 5) is 15.1. The average Bonchev–Trinajstić information content (AvgIpc) is 2.76. The Hall–Kier alpha value is -2.15. The van der Waals surface area contributed by atoms with Gasteiger partial charge in [0.15, 0.2) is 5.65 Å². The van der Waals surface area contributed by atoms with E-state index in [1.54, 1.807) is 4.52 Å². The monoisotopic (exact) mass is 250 g/mol. The first-order chi connectivity index (χ1) is 8.61. The van der Waals surface area contributed by atoms with Gasteiger partial charge < -0.3 is 15.2 Å². The quantitative estimate of drug-likeness (QED) is 0.805. The van der Waals surface area contributed by atoms with Crippen molar-refractivity contribution in [3.63, 3.8) is 0 Å². The summed E-state index contributed by atoms with van der Waals surface area (Å²) in [6, 6.07) is 2.85. The number of methoxy groups -OCH3 is 1. The van der Waals surface area contributed by atoms with Gasteiger partial charge in [0.1, 0.15) is 18.2 Å². The number of ether oxygens (including phenoxy) is 1. The molecule has 0 aliphatic rings. The molecule has 2 aromatic rings. The highest BCUT2D eigenvalue weighted by Gasteiger charge is 2.18. The van der Waals surface area contributed by atoms with Crippen LogP contribution in [0.4, 0.5) is 5.82 Å². The van der Waals surface area contributed by atoms with Gasteiger partial charge in [-0.05, 0) is 24.6 Å². The predicted octanol–water partition coefficient (Wildman–Crippen LogP) is 0.549. The van der Waals surface area contributed by atoms with Crippen molar-refractivity contribution in [3.05, 3.63) is 24.0 Å². The van der Waals surface area contributed by atoms with Crippen LogP contribution in [0, 0.1) is 6.92 Å². The van der Waals surface area contributed by atoms with Gasteiger partial charge >= 0.3 is 5.97 Å². The van der Waals surface area contributed by atoms with E-state index in [9.17, 15) is 4.79 Å². The number of anilines is 1. The maximum absolute atomic E-state index is 11.1. The molecule has 0 radical (unpaired) electrons. The third-order valence-corrected chi connectivity index (χ3v) is 2.48. The molecule has 0 bridgehead atoms. The van der Waals surface area contributed by atoms with Crippen LogP contribution in [0.15, 0.2) is 18.5 Å². The molecule has 96 valence electrons. The van der Waals surface area contributed by atoms with Gasteiger partial charge in [-0.1, -0.05) is 0 Å². The van der Waals surface area contributed by atoms with E-state index in [0.717, 1.165) is 5.56 Å². The number of nitrogens with one attached hydrogen (secondary N) is 1. The first kappa shape index (κ1) is 12.3. The molecule has 0 saturated heterocycles. The average molecular weight is 250 g/mol. The van der Waals surface area contributed by atoms with Crippen molar-refractivity contribution >= 4 is 17.4 Å². The van der Waals surface area contributed by atoms with E-state index in [1.165, 1.54) is 13.4 Å². The fraction of sp³-hybridized carbons (Fsp3) is 0.364. The maximum atomic E-state index is 11.1. The lowest BCUT2D eigenvalue weighted by molar-refractivity contribution is -0.139. The van der Waals surface area contributed by atoms with Crippen molar-refractivity contribution in [3.8, 4) is 0 Å². The zero-order valence-electron chi connectivity index (χ0n) is 10.1. The summed E-state index contributed by atoms with van der Waals surface area (Å²) in [6.07, 6.45) is 1.42. The molecule has 0 aliphatic heterocycles. The summed E-state index contributed by atoms with van der Waals surface area (Å²) in [5.41, 5.74) is 1.64. The van der Waals surface area contributed by atoms with E-state index >= 15 is 0 Å². The Balaban J connectivity index is 2.34. The van der Waals surface area contributed by atoms with Gasteiger partial charge in [0.2, 0.25) is 0 Å². The molecule has 0 aromatic carbocycles. The number of pyridine rings is 1. The number of carboxylic acid groups (broad SMARTS) is 1. The lowest BCUT2D eigenvalue weighted by atomic mass is 10.2. The van der Waals surface area contributed by atoms with Gasteiger partial charge in [-0.2, -0.15) is 9.61 Å². The van der Waals surface area contributed by atoms with Crippen LogP contribution < -0.4 is 5.32 Å². The van der Waals surface area contributed by atoms with Gasteiger partial charge in [0.25, 0.3) is 0 Å². The Morgan fingerprint density at radius 3 is 3.06 bits per heavy atom. The molecule has 0 amide bonds. The van der Waals surface area contributed by atoms with Crippen LogP contribution in [0.1, 0.15) is 5.56 Å². The molecule has 18 heavy (non-hydrogen) atoms. The van der Waals surface area contributed by atoms with Crippen LogP contribution >= 0.6 is 0 Å². The number of hydrogen-bond donors (Lipinski definition) is 2. The maximum Gasteiger partial charge on any atom is 0.328 e. The second-order valence-corrected chi connectivity index (χ2v) is 3.94. The minimum absolute atomic E-state index is 0.0689. The van der Waals surface area contributed by atoms with E-state index in [1.807, 2.05) is 19.1 Å². The molecule has 2 heterocycles. The minimum Gasteiger partial charge on any atom is -0.480 e. The number of aliphatic carboxylic acids is 1. The number of carbonyl (C=O) groups is 1. The van der Waals surface area contributed by atoms with Crippen molar-refractivity contribution in [1.29, 1.82) is 0 Å². The topological polar surface area (TPSA) is 88.8 Å². The Bertz CT molecular complexity index is 566. The van der Waals surface area contributed by atoms with Crippen molar-refractivity contribution < 1.29 is 14.6 Å². The van der Waals surface area contributed by atoms with Crippen LogP contribution in [0.3, 0.4) is 0 Å². The van der Waals surface area contributed by atoms with Gasteiger partial charge in [-0.25, -0.2) is 9.78 Å². The molecule has 0 aliphatic carbocycles. The van der Waals surface area contributed by atoms with E-state index < -0.39 is 12.0 Å². The normalized spacial score (nSPS) is 12.6. The summed E-state index contributed by atoms with van der Waals surface area (Å²) in [6.45, 7) is 1.98. The van der Waals surface area contributed by atoms with Crippen LogP contribution in [-0.2, 0) is 9.53 Å². The lowest BCUT2D eigenvalue weighted by Gasteiger charge is -2.15. The number of fused-ring (bicyclic) bond motifs is 1. The molecular formula is C11H14N4O3. The summed E-state index contributed by atoms with van der Waals surface area (Å²) in [5.74, 6) is -0.404. The zero-order chi connectivity index (χ0) is 13.1. The van der Waals surface area contributed by atoms with Crippen LogP contribution in [0.25, 0.3) is 5.65 Å². The second kappa shape index (κ2) is 5.01.